The predicted octanol–water partition coefficient (Wildman–Crippen LogP) is 3.51. The van der Waals surface area contributed by atoms with Crippen molar-refractivity contribution in [3.05, 3.63) is 56.2 Å². The predicted molar refractivity (Wildman–Crippen MR) is 76.4 cm³/mol. The molecule has 0 saturated heterocycles. The maximum Gasteiger partial charge on any atom is 0.261 e. The fourth-order valence-electron chi connectivity index (χ4n) is 1.54. The van der Waals surface area contributed by atoms with Gasteiger partial charge < -0.3 is 5.32 Å². The molecule has 1 N–H and O–H groups in total. The summed E-state index contributed by atoms with van der Waals surface area (Å²) in [5, 5.41) is 12.1. The van der Waals surface area contributed by atoms with Crippen molar-refractivity contribution in [2.24, 2.45) is 0 Å². The first-order valence-electron chi connectivity index (χ1n) is 5.63. The molecule has 1 aromatic carbocycles. The van der Waals surface area contributed by atoms with Crippen LogP contribution in [0.1, 0.15) is 25.7 Å². The number of benzene rings is 1. The molecule has 1 aromatic heterocycles. The molecule has 0 aliphatic heterocycles. The van der Waals surface area contributed by atoms with Crippen molar-refractivity contribution in [3.8, 4) is 6.07 Å². The minimum atomic E-state index is -0.135. The lowest BCUT2D eigenvalue weighted by atomic mass is 10.1. The molecule has 3 nitrogen and oxygen atoms in total. The van der Waals surface area contributed by atoms with E-state index in [1.54, 1.807) is 18.2 Å². The van der Waals surface area contributed by atoms with Crippen LogP contribution in [0.25, 0.3) is 0 Å². The second-order valence-electron chi connectivity index (χ2n) is 4.01. The van der Waals surface area contributed by atoms with Crippen molar-refractivity contribution in [1.82, 2.24) is 5.32 Å². The number of hydrogen-bond acceptors (Lipinski definition) is 3. The molecular formula is C14H11ClN2OS. The van der Waals surface area contributed by atoms with Crippen molar-refractivity contribution in [3.63, 3.8) is 0 Å². The maximum absolute atomic E-state index is 11.9. The quantitative estimate of drug-likeness (QED) is 0.940. The van der Waals surface area contributed by atoms with E-state index in [2.05, 4.69) is 11.4 Å². The van der Waals surface area contributed by atoms with Crippen molar-refractivity contribution in [2.45, 2.75) is 13.5 Å². The number of amides is 1. The largest absolute Gasteiger partial charge is 0.347 e. The number of carbonyl (C=O) groups excluding carboxylic acids is 1. The molecule has 5 heteroatoms. The Morgan fingerprint density at radius 1 is 1.42 bits per heavy atom. The van der Waals surface area contributed by atoms with Gasteiger partial charge in [0.25, 0.3) is 5.91 Å². The average molecular weight is 291 g/mol. The summed E-state index contributed by atoms with van der Waals surface area (Å²) in [7, 11) is 0. The summed E-state index contributed by atoms with van der Waals surface area (Å²) < 4.78 is 0. The summed E-state index contributed by atoms with van der Waals surface area (Å²) in [4.78, 5) is 13.4. The first kappa shape index (κ1) is 13.6. The van der Waals surface area contributed by atoms with Crippen LogP contribution in [0.3, 0.4) is 0 Å². The lowest BCUT2D eigenvalue weighted by Crippen LogP contribution is -2.21. The molecule has 0 unspecified atom stereocenters. The van der Waals surface area contributed by atoms with Crippen LogP contribution in [0.5, 0.6) is 0 Å². The highest BCUT2D eigenvalue weighted by Crippen LogP contribution is 2.25. The molecule has 0 spiro atoms. The highest BCUT2D eigenvalue weighted by molar-refractivity contribution is 7.14. The summed E-state index contributed by atoms with van der Waals surface area (Å²) >= 11 is 7.30. The number of nitriles is 1. The topological polar surface area (TPSA) is 52.9 Å². The van der Waals surface area contributed by atoms with E-state index >= 15 is 0 Å². The molecule has 0 saturated carbocycles. The van der Waals surface area contributed by atoms with E-state index in [0.29, 0.717) is 22.0 Å². The van der Waals surface area contributed by atoms with Gasteiger partial charge in [0.1, 0.15) is 0 Å². The maximum atomic E-state index is 11.9. The summed E-state index contributed by atoms with van der Waals surface area (Å²) in [5.74, 6) is -0.135. The van der Waals surface area contributed by atoms with Gasteiger partial charge in [-0.05, 0) is 30.7 Å². The van der Waals surface area contributed by atoms with Gasteiger partial charge in [-0.2, -0.15) is 5.26 Å². The van der Waals surface area contributed by atoms with Crippen LogP contribution in [0.4, 0.5) is 0 Å². The van der Waals surface area contributed by atoms with Crippen molar-refractivity contribution in [2.75, 3.05) is 0 Å². The van der Waals surface area contributed by atoms with Crippen molar-refractivity contribution in [1.29, 1.82) is 5.26 Å². The monoisotopic (exact) mass is 290 g/mol. The van der Waals surface area contributed by atoms with Crippen LogP contribution in [0, 0.1) is 18.3 Å². The summed E-state index contributed by atoms with van der Waals surface area (Å²) in [5.41, 5.74) is 1.56. The van der Waals surface area contributed by atoms with Crippen LogP contribution >= 0.6 is 22.9 Å². The number of halogens is 1. The Balaban J connectivity index is 1.98. The van der Waals surface area contributed by atoms with Gasteiger partial charge in [-0.15, -0.1) is 11.3 Å². The summed E-state index contributed by atoms with van der Waals surface area (Å²) in [6, 6.07) is 10.8. The van der Waals surface area contributed by atoms with Gasteiger partial charge >= 0.3 is 0 Å². The molecule has 0 aliphatic carbocycles. The van der Waals surface area contributed by atoms with E-state index in [0.717, 1.165) is 10.4 Å². The van der Waals surface area contributed by atoms with Crippen molar-refractivity contribution >= 4 is 28.8 Å². The number of thiophene rings is 1. The lowest BCUT2D eigenvalue weighted by Gasteiger charge is -2.03. The first-order chi connectivity index (χ1) is 9.10. The second-order valence-corrected chi connectivity index (χ2v) is 5.67. The minimum Gasteiger partial charge on any atom is -0.347 e. The smallest absolute Gasteiger partial charge is 0.261 e. The SMILES string of the molecule is Cc1sc(C(=O)NCc2ccc(C#N)cc2)cc1Cl. The molecule has 0 radical (unpaired) electrons. The third-order valence-electron chi connectivity index (χ3n) is 2.62. The van der Waals surface area contributed by atoms with Gasteiger partial charge in [-0.1, -0.05) is 23.7 Å². The molecule has 1 amide bonds. The molecule has 0 aliphatic rings. The van der Waals surface area contributed by atoms with Gasteiger partial charge in [0, 0.05) is 11.4 Å². The van der Waals surface area contributed by atoms with E-state index in [4.69, 9.17) is 16.9 Å². The number of nitrogens with zero attached hydrogens (tertiary/aromatic N) is 1. The normalized spacial score (nSPS) is 9.95. The third-order valence-corrected chi connectivity index (χ3v) is 4.17. The highest BCUT2D eigenvalue weighted by Gasteiger charge is 2.10. The third kappa shape index (κ3) is 3.34. The van der Waals surface area contributed by atoms with Crippen LogP contribution in [-0.4, -0.2) is 5.91 Å². The Morgan fingerprint density at radius 2 is 2.11 bits per heavy atom. The second kappa shape index (κ2) is 5.87. The van der Waals surface area contributed by atoms with E-state index in [-0.39, 0.29) is 5.91 Å². The molecule has 1 heterocycles. The van der Waals surface area contributed by atoms with Crippen molar-refractivity contribution < 1.29 is 4.79 Å². The Bertz CT molecular complexity index is 621. The lowest BCUT2D eigenvalue weighted by molar-refractivity contribution is 0.0955. The van der Waals surface area contributed by atoms with Gasteiger partial charge in [0.2, 0.25) is 0 Å². The average Bonchev–Trinajstić information content (AvgIpc) is 2.77. The first-order valence-corrected chi connectivity index (χ1v) is 6.83. The van der Waals surface area contributed by atoms with Crippen LogP contribution in [0.2, 0.25) is 5.02 Å². The fraction of sp³-hybridized carbons (Fsp3) is 0.143. The zero-order valence-electron chi connectivity index (χ0n) is 10.2. The van der Waals surface area contributed by atoms with Gasteiger partial charge in [-0.3, -0.25) is 4.79 Å². The number of rotatable bonds is 3. The Morgan fingerprint density at radius 3 is 2.63 bits per heavy atom. The van der Waals surface area contributed by atoms with E-state index in [1.807, 2.05) is 19.1 Å². The van der Waals surface area contributed by atoms with Crippen LogP contribution in [-0.2, 0) is 6.54 Å². The molecular weight excluding hydrogens is 280 g/mol. The molecule has 0 bridgehead atoms. The number of carbonyl (C=O) groups is 1. The Kier molecular flexibility index (Phi) is 4.20. The van der Waals surface area contributed by atoms with E-state index in [1.165, 1.54) is 11.3 Å². The van der Waals surface area contributed by atoms with Gasteiger partial charge in [-0.25, -0.2) is 0 Å². The number of hydrogen-bond donors (Lipinski definition) is 1. The van der Waals surface area contributed by atoms with E-state index < -0.39 is 0 Å². The van der Waals surface area contributed by atoms with Crippen LogP contribution < -0.4 is 5.32 Å². The van der Waals surface area contributed by atoms with Gasteiger partial charge in [0.05, 0.1) is 21.5 Å². The van der Waals surface area contributed by atoms with E-state index in [9.17, 15) is 4.79 Å². The molecule has 19 heavy (non-hydrogen) atoms. The fourth-order valence-corrected chi connectivity index (χ4v) is 2.66. The molecule has 0 fully saturated rings. The number of nitrogens with one attached hydrogen (secondary N) is 1. The van der Waals surface area contributed by atoms with Crippen LogP contribution in [0.15, 0.2) is 30.3 Å². The number of aryl methyl sites for hydroxylation is 1. The minimum absolute atomic E-state index is 0.135. The highest BCUT2D eigenvalue weighted by atomic mass is 35.5. The zero-order valence-corrected chi connectivity index (χ0v) is 11.8. The molecule has 2 aromatic rings. The Hall–Kier alpha value is -1.83. The van der Waals surface area contributed by atoms with Gasteiger partial charge in [0.15, 0.2) is 0 Å². The molecule has 96 valence electrons. The molecule has 2 rings (SSSR count). The standard InChI is InChI=1S/C14H11ClN2OS/c1-9-12(15)6-13(19-9)14(18)17-8-11-4-2-10(7-16)3-5-11/h2-6H,8H2,1H3,(H,17,18). The molecule has 0 atom stereocenters. The zero-order chi connectivity index (χ0) is 13.8. The Labute approximate surface area is 120 Å². The summed E-state index contributed by atoms with van der Waals surface area (Å²) in [6.07, 6.45) is 0. The summed E-state index contributed by atoms with van der Waals surface area (Å²) in [6.45, 7) is 2.31.